The summed E-state index contributed by atoms with van der Waals surface area (Å²) in [5, 5.41) is 11.8. The van der Waals surface area contributed by atoms with Crippen molar-refractivity contribution >= 4 is 22.7 Å². The molecule has 0 radical (unpaired) electrons. The molecule has 23 heavy (non-hydrogen) atoms. The molecule has 0 bridgehead atoms. The van der Waals surface area contributed by atoms with Gasteiger partial charge in [-0.05, 0) is 36.8 Å². The van der Waals surface area contributed by atoms with Gasteiger partial charge in [-0.25, -0.2) is 9.97 Å². The summed E-state index contributed by atoms with van der Waals surface area (Å²) >= 11 is 3.47. The standard InChI is InChI=1S/C16H19N5S2/c1-2-13(7-21-12-17-11-18-21)6-20(4-1)8-15-10-23-16(19-15)14-3-5-22-9-14/h3,5,9-13H,1-2,4,6-8H2. The molecule has 120 valence electrons. The largest absolute Gasteiger partial charge is 0.297 e. The molecule has 7 heteroatoms. The van der Waals surface area contributed by atoms with E-state index < -0.39 is 0 Å². The zero-order valence-corrected chi connectivity index (χ0v) is 14.5. The van der Waals surface area contributed by atoms with Crippen molar-refractivity contribution in [1.29, 1.82) is 0 Å². The van der Waals surface area contributed by atoms with Crippen LogP contribution in [0.25, 0.3) is 10.6 Å². The molecule has 0 aliphatic carbocycles. The van der Waals surface area contributed by atoms with Crippen molar-refractivity contribution in [3.63, 3.8) is 0 Å². The van der Waals surface area contributed by atoms with Crippen LogP contribution in [0.1, 0.15) is 18.5 Å². The third-order valence-corrected chi connectivity index (χ3v) is 5.84. The minimum atomic E-state index is 0.653. The Morgan fingerprint density at radius 1 is 1.30 bits per heavy atom. The number of nitrogens with zero attached hydrogens (tertiary/aromatic N) is 5. The highest BCUT2D eigenvalue weighted by Gasteiger charge is 2.21. The molecule has 0 spiro atoms. The van der Waals surface area contributed by atoms with E-state index >= 15 is 0 Å². The summed E-state index contributed by atoms with van der Waals surface area (Å²) < 4.78 is 1.95. The van der Waals surface area contributed by atoms with E-state index in [1.165, 1.54) is 30.6 Å². The second kappa shape index (κ2) is 6.90. The molecule has 1 saturated heterocycles. The first kappa shape index (κ1) is 15.0. The lowest BCUT2D eigenvalue weighted by molar-refractivity contribution is 0.152. The van der Waals surface area contributed by atoms with Crippen molar-refractivity contribution in [2.75, 3.05) is 13.1 Å². The lowest BCUT2D eigenvalue weighted by atomic mass is 9.98. The van der Waals surface area contributed by atoms with E-state index in [9.17, 15) is 0 Å². The fourth-order valence-corrected chi connectivity index (χ4v) is 4.69. The zero-order chi connectivity index (χ0) is 15.5. The highest BCUT2D eigenvalue weighted by atomic mass is 32.1. The Bertz CT molecular complexity index is 720. The molecule has 0 amide bonds. The van der Waals surface area contributed by atoms with E-state index in [0.717, 1.165) is 24.6 Å². The number of hydrogen-bond donors (Lipinski definition) is 0. The Morgan fingerprint density at radius 2 is 2.30 bits per heavy atom. The monoisotopic (exact) mass is 345 g/mol. The molecule has 0 aromatic carbocycles. The van der Waals surface area contributed by atoms with Gasteiger partial charge in [-0.15, -0.1) is 11.3 Å². The second-order valence-electron chi connectivity index (χ2n) is 6.02. The summed E-state index contributed by atoms with van der Waals surface area (Å²) in [5.74, 6) is 0.653. The molecular weight excluding hydrogens is 326 g/mol. The summed E-state index contributed by atoms with van der Waals surface area (Å²) in [6.45, 7) is 4.20. The van der Waals surface area contributed by atoms with Crippen LogP contribution in [-0.4, -0.2) is 37.7 Å². The number of rotatable bonds is 5. The van der Waals surface area contributed by atoms with E-state index in [4.69, 9.17) is 4.98 Å². The maximum Gasteiger partial charge on any atom is 0.137 e. The van der Waals surface area contributed by atoms with Crippen LogP contribution in [-0.2, 0) is 13.1 Å². The molecular formula is C16H19N5S2. The van der Waals surface area contributed by atoms with Crippen LogP contribution >= 0.6 is 22.7 Å². The van der Waals surface area contributed by atoms with E-state index in [1.54, 1.807) is 29.0 Å². The second-order valence-corrected chi connectivity index (χ2v) is 7.66. The van der Waals surface area contributed by atoms with Gasteiger partial charge in [0.2, 0.25) is 0 Å². The van der Waals surface area contributed by atoms with Crippen molar-refractivity contribution in [1.82, 2.24) is 24.6 Å². The molecule has 1 unspecified atom stereocenters. The van der Waals surface area contributed by atoms with E-state index in [0.29, 0.717) is 5.92 Å². The zero-order valence-electron chi connectivity index (χ0n) is 12.8. The van der Waals surface area contributed by atoms with Gasteiger partial charge in [-0.1, -0.05) is 0 Å². The third-order valence-electron chi connectivity index (χ3n) is 4.22. The number of aromatic nitrogens is 4. The molecule has 3 aromatic heterocycles. The molecule has 1 aliphatic rings. The van der Waals surface area contributed by atoms with Crippen LogP contribution in [0.2, 0.25) is 0 Å². The third kappa shape index (κ3) is 3.68. The van der Waals surface area contributed by atoms with Gasteiger partial charge in [0.25, 0.3) is 0 Å². The Kier molecular flexibility index (Phi) is 4.50. The molecule has 0 saturated carbocycles. The van der Waals surface area contributed by atoms with E-state index in [2.05, 4.69) is 37.2 Å². The molecule has 3 aromatic rings. The predicted octanol–water partition coefficient (Wildman–Crippen LogP) is 3.38. The average Bonchev–Trinajstić information content (AvgIpc) is 3.30. The summed E-state index contributed by atoms with van der Waals surface area (Å²) in [6.07, 6.45) is 5.95. The number of thiazole rings is 1. The molecule has 1 fully saturated rings. The Morgan fingerprint density at radius 3 is 3.13 bits per heavy atom. The summed E-state index contributed by atoms with van der Waals surface area (Å²) in [5.41, 5.74) is 2.44. The molecule has 4 heterocycles. The van der Waals surface area contributed by atoms with Crippen molar-refractivity contribution < 1.29 is 0 Å². The number of thiophene rings is 1. The van der Waals surface area contributed by atoms with Crippen LogP contribution in [0.3, 0.4) is 0 Å². The van der Waals surface area contributed by atoms with Crippen LogP contribution in [0.15, 0.2) is 34.9 Å². The maximum absolute atomic E-state index is 4.80. The fourth-order valence-electron chi connectivity index (χ4n) is 3.16. The minimum Gasteiger partial charge on any atom is -0.297 e. The van der Waals surface area contributed by atoms with Crippen molar-refractivity contribution in [3.05, 3.63) is 40.6 Å². The molecule has 1 atom stereocenters. The summed E-state index contributed by atoms with van der Waals surface area (Å²) in [6, 6.07) is 2.14. The van der Waals surface area contributed by atoms with Crippen molar-refractivity contribution in [3.8, 4) is 10.6 Å². The van der Waals surface area contributed by atoms with Gasteiger partial charge >= 0.3 is 0 Å². The first-order valence-corrected chi connectivity index (χ1v) is 9.71. The quantitative estimate of drug-likeness (QED) is 0.711. The Balaban J connectivity index is 1.37. The van der Waals surface area contributed by atoms with E-state index in [1.807, 2.05) is 11.0 Å². The molecule has 1 aliphatic heterocycles. The predicted molar refractivity (Wildman–Crippen MR) is 93.5 cm³/mol. The van der Waals surface area contributed by atoms with Gasteiger partial charge in [-0.3, -0.25) is 9.58 Å². The van der Waals surface area contributed by atoms with Crippen molar-refractivity contribution in [2.24, 2.45) is 5.92 Å². The van der Waals surface area contributed by atoms with Gasteiger partial charge in [-0.2, -0.15) is 16.4 Å². The van der Waals surface area contributed by atoms with E-state index in [-0.39, 0.29) is 0 Å². The topological polar surface area (TPSA) is 46.8 Å². The van der Waals surface area contributed by atoms with Crippen molar-refractivity contribution in [2.45, 2.75) is 25.9 Å². The van der Waals surface area contributed by atoms with Crippen LogP contribution in [0, 0.1) is 5.92 Å². The highest BCUT2D eigenvalue weighted by Crippen LogP contribution is 2.27. The van der Waals surface area contributed by atoms with Gasteiger partial charge in [0.1, 0.15) is 17.7 Å². The maximum atomic E-state index is 4.80. The van der Waals surface area contributed by atoms with Gasteiger partial charge in [0.05, 0.1) is 5.69 Å². The van der Waals surface area contributed by atoms with Crippen LogP contribution in [0.4, 0.5) is 0 Å². The lowest BCUT2D eigenvalue weighted by Crippen LogP contribution is -2.36. The Labute approximate surface area is 143 Å². The highest BCUT2D eigenvalue weighted by molar-refractivity contribution is 7.14. The SMILES string of the molecule is c1ncn(CC2CCCN(Cc3csc(-c4ccsc4)n3)C2)n1. The molecule has 5 nitrogen and oxygen atoms in total. The van der Waals surface area contributed by atoms with Gasteiger partial charge in [0, 0.05) is 36.0 Å². The van der Waals surface area contributed by atoms with Crippen LogP contribution in [0.5, 0.6) is 0 Å². The van der Waals surface area contributed by atoms with Gasteiger partial charge < -0.3 is 0 Å². The average molecular weight is 345 g/mol. The minimum absolute atomic E-state index is 0.653. The fraction of sp³-hybridized carbons (Fsp3) is 0.438. The normalized spacial score (nSPS) is 19.2. The first-order valence-electron chi connectivity index (χ1n) is 7.88. The van der Waals surface area contributed by atoms with Crippen LogP contribution < -0.4 is 0 Å². The Hall–Kier alpha value is -1.57. The number of hydrogen-bond acceptors (Lipinski definition) is 6. The summed E-state index contributed by atoms with van der Waals surface area (Å²) in [4.78, 5) is 11.4. The first-order chi connectivity index (χ1) is 11.4. The molecule has 0 N–H and O–H groups in total. The number of likely N-dealkylation sites (tertiary alicyclic amines) is 1. The smallest absolute Gasteiger partial charge is 0.137 e. The van der Waals surface area contributed by atoms with Gasteiger partial charge in [0.15, 0.2) is 0 Å². The summed E-state index contributed by atoms with van der Waals surface area (Å²) in [7, 11) is 0. The lowest BCUT2D eigenvalue weighted by Gasteiger charge is -2.32. The number of piperidine rings is 1. The molecule has 4 rings (SSSR count).